The molecule has 0 spiro atoms. The number of aromatic nitrogens is 2. The first-order valence-corrected chi connectivity index (χ1v) is 3.46. The van der Waals surface area contributed by atoms with E-state index in [-0.39, 0.29) is 12.4 Å². The Morgan fingerprint density at radius 1 is 1.90 bits per heavy atom. The van der Waals surface area contributed by atoms with E-state index in [0.29, 0.717) is 0 Å². The largest absolute Gasteiger partial charge is 0.695 e. The summed E-state index contributed by atoms with van der Waals surface area (Å²) in [5.74, 6) is 0.248. The Labute approximate surface area is 56.8 Å². The maximum absolute atomic E-state index is 9.93. The summed E-state index contributed by atoms with van der Waals surface area (Å²) in [6, 6.07) is 0. The second-order valence-corrected chi connectivity index (χ2v) is 2.09. The van der Waals surface area contributed by atoms with Gasteiger partial charge in [-0.25, -0.2) is 0 Å². The normalized spacial score (nSPS) is 11.5. The van der Waals surface area contributed by atoms with Crippen LogP contribution in [0.25, 0.3) is 0 Å². The summed E-state index contributed by atoms with van der Waals surface area (Å²) >= 11 is 0. The molecule has 0 fully saturated rings. The molecule has 1 rings (SSSR count). The lowest BCUT2D eigenvalue weighted by Gasteiger charge is -1.78. The minimum absolute atomic E-state index is 0.109. The van der Waals surface area contributed by atoms with Crippen molar-refractivity contribution in [3.05, 3.63) is 12.2 Å². The van der Waals surface area contributed by atoms with Crippen molar-refractivity contribution in [1.82, 2.24) is 10.1 Å². The molecule has 0 bridgehead atoms. The number of rotatable bonds is 3. The third-order valence-electron chi connectivity index (χ3n) is 0.711. The van der Waals surface area contributed by atoms with E-state index in [4.69, 9.17) is 4.89 Å². The van der Waals surface area contributed by atoms with Gasteiger partial charge in [-0.1, -0.05) is 5.16 Å². The van der Waals surface area contributed by atoms with Crippen LogP contribution >= 0.6 is 8.25 Å². The van der Waals surface area contributed by atoms with Crippen LogP contribution in [0.4, 0.5) is 0 Å². The van der Waals surface area contributed by atoms with Crippen LogP contribution in [0.5, 0.6) is 0 Å². The zero-order valence-electron chi connectivity index (χ0n) is 4.80. The van der Waals surface area contributed by atoms with Crippen LogP contribution in [0.15, 0.2) is 10.9 Å². The van der Waals surface area contributed by atoms with Gasteiger partial charge < -0.3 is 4.52 Å². The molecule has 0 amide bonds. The molecule has 1 heterocycles. The summed E-state index contributed by atoms with van der Waals surface area (Å²) in [5.41, 5.74) is 0. The lowest BCUT2D eigenvalue weighted by Crippen LogP contribution is -1.87. The fraction of sp³-hybridized carbons (Fsp3) is 0.333. The maximum atomic E-state index is 9.93. The average molecular weight is 163 g/mol. The Kier molecular flexibility index (Phi) is 2.44. The Morgan fingerprint density at radius 3 is 3.20 bits per heavy atom. The summed E-state index contributed by atoms with van der Waals surface area (Å²) in [5, 5.41) is 3.34. The topological polar surface area (TPSA) is 85.5 Å². The van der Waals surface area contributed by atoms with Crippen LogP contribution in [0, 0.1) is 0 Å². The fourth-order valence-corrected chi connectivity index (χ4v) is 0.595. The van der Waals surface area contributed by atoms with E-state index in [1.807, 2.05) is 0 Å². The molecule has 0 aromatic carbocycles. The van der Waals surface area contributed by atoms with Gasteiger partial charge >= 0.3 is 8.25 Å². The molecule has 10 heavy (non-hydrogen) atoms. The molecule has 0 aliphatic rings. The highest BCUT2D eigenvalue weighted by Gasteiger charge is 2.13. The Morgan fingerprint density at radius 2 is 2.70 bits per heavy atom. The van der Waals surface area contributed by atoms with Gasteiger partial charge in [-0.05, 0) is 0 Å². The molecule has 0 saturated heterocycles. The second-order valence-electron chi connectivity index (χ2n) is 1.36. The molecule has 0 saturated carbocycles. The molecule has 7 heteroatoms. The minimum atomic E-state index is -2.58. The highest BCUT2D eigenvalue weighted by molar-refractivity contribution is 7.32. The quantitative estimate of drug-likeness (QED) is 0.642. The average Bonchev–Trinajstić information content (AvgIpc) is 2.34. The van der Waals surface area contributed by atoms with Gasteiger partial charge in [0, 0.05) is 4.57 Å². The third-order valence-corrected chi connectivity index (χ3v) is 1.06. The number of hydrogen-bond acceptors (Lipinski definition) is 5. The first-order chi connectivity index (χ1) is 4.79. The first kappa shape index (κ1) is 7.27. The van der Waals surface area contributed by atoms with Crippen LogP contribution in [0.1, 0.15) is 5.82 Å². The van der Waals surface area contributed by atoms with Gasteiger partial charge in [-0.15, -0.1) is 9.42 Å². The van der Waals surface area contributed by atoms with Crippen molar-refractivity contribution in [3.8, 4) is 0 Å². The second kappa shape index (κ2) is 3.36. The zero-order chi connectivity index (χ0) is 7.40. The van der Waals surface area contributed by atoms with Gasteiger partial charge in [0.2, 0.25) is 12.2 Å². The molecule has 0 aliphatic carbocycles. The Hall–Kier alpha value is -0.840. The molecular weight excluding hydrogens is 159 g/mol. The van der Waals surface area contributed by atoms with Crippen molar-refractivity contribution in [2.75, 3.05) is 0 Å². The van der Waals surface area contributed by atoms with Crippen LogP contribution in [0.3, 0.4) is 0 Å². The lowest BCUT2D eigenvalue weighted by molar-refractivity contribution is 0.259. The van der Waals surface area contributed by atoms with E-state index in [9.17, 15) is 4.57 Å². The van der Waals surface area contributed by atoms with Crippen molar-refractivity contribution in [3.63, 3.8) is 0 Å². The van der Waals surface area contributed by atoms with E-state index in [1.54, 1.807) is 0 Å². The van der Waals surface area contributed by atoms with Crippen LogP contribution in [0.2, 0.25) is 0 Å². The molecule has 1 unspecified atom stereocenters. The van der Waals surface area contributed by atoms with Crippen molar-refractivity contribution >= 4 is 8.25 Å². The van der Waals surface area contributed by atoms with Gasteiger partial charge in [-0.2, -0.15) is 4.98 Å². The predicted octanol–water partition coefficient (Wildman–Crippen LogP) is 0.236. The van der Waals surface area contributed by atoms with E-state index < -0.39 is 8.25 Å². The van der Waals surface area contributed by atoms with E-state index in [0.717, 1.165) is 6.39 Å². The van der Waals surface area contributed by atoms with E-state index >= 15 is 0 Å². The van der Waals surface area contributed by atoms with E-state index in [1.165, 1.54) is 0 Å². The molecule has 54 valence electrons. The van der Waals surface area contributed by atoms with Crippen LogP contribution in [-0.2, 0) is 15.7 Å². The molecule has 6 nitrogen and oxygen atoms in total. The monoisotopic (exact) mass is 163 g/mol. The molecular formula is C3H4N2O4P+. The Bertz CT molecular complexity index is 210. The standard InChI is InChI=1S/C3H3N2O4P/c6-10(7)9-1-3-4-2-8-5-3/h2H,1H2/p+1. The molecule has 1 aromatic rings. The van der Waals surface area contributed by atoms with Crippen LogP contribution < -0.4 is 0 Å². The number of hydrogen-bond donors (Lipinski definition) is 1. The predicted molar refractivity (Wildman–Crippen MR) is 28.9 cm³/mol. The van der Waals surface area contributed by atoms with Crippen LogP contribution in [-0.4, -0.2) is 15.0 Å². The van der Waals surface area contributed by atoms with Gasteiger partial charge in [-0.3, -0.25) is 0 Å². The first-order valence-electron chi connectivity index (χ1n) is 2.33. The maximum Gasteiger partial charge on any atom is 0.695 e. The third kappa shape index (κ3) is 2.18. The molecule has 1 atom stereocenters. The highest BCUT2D eigenvalue weighted by Crippen LogP contribution is 2.15. The van der Waals surface area contributed by atoms with Gasteiger partial charge in [0.15, 0.2) is 6.61 Å². The van der Waals surface area contributed by atoms with Crippen molar-refractivity contribution in [2.45, 2.75) is 6.61 Å². The Balaban J connectivity index is 2.35. The van der Waals surface area contributed by atoms with Gasteiger partial charge in [0.05, 0.1) is 0 Å². The molecule has 1 aromatic heterocycles. The van der Waals surface area contributed by atoms with Gasteiger partial charge in [0.25, 0.3) is 0 Å². The molecule has 0 radical (unpaired) electrons. The van der Waals surface area contributed by atoms with Crippen molar-refractivity contribution in [1.29, 1.82) is 0 Å². The van der Waals surface area contributed by atoms with Crippen molar-refractivity contribution < 1.29 is 18.5 Å². The molecule has 0 aliphatic heterocycles. The lowest BCUT2D eigenvalue weighted by atomic mass is 10.7. The minimum Gasteiger partial charge on any atom is -0.343 e. The SMILES string of the molecule is O=[P+](O)OCc1ncon1. The zero-order valence-corrected chi connectivity index (χ0v) is 5.69. The smallest absolute Gasteiger partial charge is 0.343 e. The number of nitrogens with zero attached hydrogens (tertiary/aromatic N) is 2. The van der Waals surface area contributed by atoms with Crippen molar-refractivity contribution in [2.24, 2.45) is 0 Å². The summed E-state index contributed by atoms with van der Waals surface area (Å²) in [7, 11) is -2.58. The summed E-state index contributed by atoms with van der Waals surface area (Å²) in [4.78, 5) is 11.7. The summed E-state index contributed by atoms with van der Waals surface area (Å²) in [6.07, 6.45) is 1.11. The molecule has 1 N–H and O–H groups in total. The highest BCUT2D eigenvalue weighted by atomic mass is 31.1. The fourth-order valence-electron chi connectivity index (χ4n) is 0.369. The summed E-state index contributed by atoms with van der Waals surface area (Å²) in [6.45, 7) is -0.109. The summed E-state index contributed by atoms with van der Waals surface area (Å²) < 4.78 is 18.5. The van der Waals surface area contributed by atoms with E-state index in [2.05, 4.69) is 19.2 Å². The van der Waals surface area contributed by atoms with Gasteiger partial charge in [0.1, 0.15) is 0 Å².